The van der Waals surface area contributed by atoms with Crippen molar-refractivity contribution in [2.45, 2.75) is 31.3 Å². The first-order chi connectivity index (χ1) is 12.7. The van der Waals surface area contributed by atoms with Gasteiger partial charge in [-0.1, -0.05) is 24.3 Å². The Morgan fingerprint density at radius 3 is 2.69 bits per heavy atom. The second kappa shape index (κ2) is 5.95. The van der Waals surface area contributed by atoms with Crippen LogP contribution in [0, 0.1) is 0 Å². The van der Waals surface area contributed by atoms with Crippen molar-refractivity contribution in [2.24, 2.45) is 0 Å². The van der Waals surface area contributed by atoms with Crippen molar-refractivity contribution in [3.8, 4) is 0 Å². The molecule has 1 N–H and O–H groups in total. The molecule has 1 atom stereocenters. The van der Waals surface area contributed by atoms with Crippen molar-refractivity contribution in [2.75, 3.05) is 6.54 Å². The summed E-state index contributed by atoms with van der Waals surface area (Å²) in [6.07, 6.45) is 5.77. The Morgan fingerprint density at radius 1 is 1.19 bits per heavy atom. The van der Waals surface area contributed by atoms with Gasteiger partial charge < -0.3 is 10.2 Å². The molecule has 2 amide bonds. The number of carbonyl (C=O) groups is 2. The first-order valence-electron chi connectivity index (χ1n) is 8.77. The van der Waals surface area contributed by atoms with E-state index in [2.05, 4.69) is 22.4 Å². The van der Waals surface area contributed by atoms with E-state index in [0.29, 0.717) is 18.7 Å². The highest BCUT2D eigenvalue weighted by atomic mass is 32.1. The Hall–Kier alpha value is -2.67. The molecule has 132 valence electrons. The van der Waals surface area contributed by atoms with Crippen LogP contribution in [-0.4, -0.2) is 44.7 Å². The Labute approximate surface area is 154 Å². The summed E-state index contributed by atoms with van der Waals surface area (Å²) in [4.78, 5) is 32.0. The summed E-state index contributed by atoms with van der Waals surface area (Å²) in [5.41, 5.74) is 3.06. The molecular formula is C19H18N4O2S. The number of rotatable bonds is 3. The third-order valence-electron chi connectivity index (χ3n) is 5.29. The normalized spacial score (nSPS) is 20.1. The van der Waals surface area contributed by atoms with E-state index >= 15 is 0 Å². The van der Waals surface area contributed by atoms with Gasteiger partial charge in [0.2, 0.25) is 5.91 Å². The van der Waals surface area contributed by atoms with Crippen molar-refractivity contribution < 1.29 is 9.59 Å². The smallest absolute Gasteiger partial charge is 0.271 e. The number of nitrogens with one attached hydrogen (secondary N) is 1. The van der Waals surface area contributed by atoms with Crippen LogP contribution >= 0.6 is 11.3 Å². The third kappa shape index (κ3) is 2.59. The summed E-state index contributed by atoms with van der Waals surface area (Å²) in [6, 6.07) is 8.43. The highest BCUT2D eigenvalue weighted by Crippen LogP contribution is 2.28. The number of amides is 2. The second-order valence-electron chi connectivity index (χ2n) is 6.97. The fraction of sp³-hybridized carbons (Fsp3) is 0.316. The van der Waals surface area contributed by atoms with Crippen LogP contribution in [0.4, 0.5) is 0 Å². The molecule has 2 aliphatic rings. The van der Waals surface area contributed by atoms with Gasteiger partial charge in [0.25, 0.3) is 5.91 Å². The van der Waals surface area contributed by atoms with Crippen LogP contribution in [0.5, 0.6) is 0 Å². The lowest BCUT2D eigenvalue weighted by Crippen LogP contribution is -2.41. The van der Waals surface area contributed by atoms with Crippen LogP contribution < -0.4 is 5.32 Å². The number of nitrogens with zero attached hydrogens (tertiary/aromatic N) is 3. The van der Waals surface area contributed by atoms with Gasteiger partial charge in [-0.25, -0.2) is 4.98 Å². The zero-order valence-electron chi connectivity index (χ0n) is 14.1. The molecule has 1 saturated heterocycles. The number of imidazole rings is 1. The zero-order chi connectivity index (χ0) is 17.7. The first-order valence-corrected chi connectivity index (χ1v) is 9.64. The summed E-state index contributed by atoms with van der Waals surface area (Å²) in [5, 5.41) is 4.91. The van der Waals surface area contributed by atoms with Crippen molar-refractivity contribution in [1.29, 1.82) is 0 Å². The molecule has 3 aromatic rings. The molecule has 26 heavy (non-hydrogen) atoms. The molecule has 0 saturated carbocycles. The Balaban J connectivity index is 1.25. The van der Waals surface area contributed by atoms with Crippen LogP contribution in [0.1, 0.15) is 28.0 Å². The monoisotopic (exact) mass is 366 g/mol. The molecule has 7 heteroatoms. The van der Waals surface area contributed by atoms with Crippen molar-refractivity contribution in [3.63, 3.8) is 0 Å². The van der Waals surface area contributed by atoms with Crippen LogP contribution in [0.25, 0.3) is 4.96 Å². The average Bonchev–Trinajstić information content (AvgIpc) is 3.36. The van der Waals surface area contributed by atoms with Gasteiger partial charge in [-0.05, 0) is 24.0 Å². The molecular weight excluding hydrogens is 348 g/mol. The third-order valence-corrected chi connectivity index (χ3v) is 6.06. The highest BCUT2D eigenvalue weighted by molar-refractivity contribution is 7.15. The van der Waals surface area contributed by atoms with Crippen molar-refractivity contribution in [3.05, 3.63) is 58.9 Å². The maximum absolute atomic E-state index is 12.5. The van der Waals surface area contributed by atoms with Gasteiger partial charge in [-0.3, -0.25) is 14.0 Å². The summed E-state index contributed by atoms with van der Waals surface area (Å²) >= 11 is 1.49. The minimum atomic E-state index is -0.213. The quantitative estimate of drug-likeness (QED) is 0.770. The Morgan fingerprint density at radius 2 is 1.96 bits per heavy atom. The second-order valence-corrected chi connectivity index (χ2v) is 7.84. The SMILES string of the molecule is O=C(NC1CC(=O)N(C2Cc3ccccc3C2)C1)c1cn2ccsc2n1. The fourth-order valence-electron chi connectivity index (χ4n) is 4.03. The maximum Gasteiger partial charge on any atom is 0.271 e. The van der Waals surface area contributed by atoms with Crippen molar-refractivity contribution in [1.82, 2.24) is 19.6 Å². The van der Waals surface area contributed by atoms with E-state index in [0.717, 1.165) is 17.8 Å². The molecule has 6 nitrogen and oxygen atoms in total. The highest BCUT2D eigenvalue weighted by Gasteiger charge is 2.37. The molecule has 0 bridgehead atoms. The van der Waals surface area contributed by atoms with Gasteiger partial charge in [0.1, 0.15) is 5.69 Å². The molecule has 1 aliphatic carbocycles. The van der Waals surface area contributed by atoms with E-state index < -0.39 is 0 Å². The van der Waals surface area contributed by atoms with Crippen LogP contribution in [0.3, 0.4) is 0 Å². The number of fused-ring (bicyclic) bond motifs is 2. The van der Waals surface area contributed by atoms with Gasteiger partial charge in [0, 0.05) is 36.8 Å². The summed E-state index contributed by atoms with van der Waals surface area (Å²) < 4.78 is 1.83. The molecule has 5 rings (SSSR count). The Kier molecular flexibility index (Phi) is 3.56. The van der Waals surface area contributed by atoms with Crippen LogP contribution in [-0.2, 0) is 17.6 Å². The molecule has 0 spiro atoms. The van der Waals surface area contributed by atoms with Gasteiger partial charge in [-0.2, -0.15) is 0 Å². The summed E-state index contributed by atoms with van der Waals surface area (Å²) in [6.45, 7) is 0.575. The molecule has 1 aliphatic heterocycles. The van der Waals surface area contributed by atoms with Crippen LogP contribution in [0.2, 0.25) is 0 Å². The van der Waals surface area contributed by atoms with E-state index in [4.69, 9.17) is 0 Å². The number of hydrogen-bond acceptors (Lipinski definition) is 4. The predicted molar refractivity (Wildman–Crippen MR) is 98.3 cm³/mol. The topological polar surface area (TPSA) is 66.7 Å². The maximum atomic E-state index is 12.5. The number of likely N-dealkylation sites (tertiary alicyclic amines) is 1. The molecule has 1 unspecified atom stereocenters. The Bertz CT molecular complexity index is 954. The van der Waals surface area contributed by atoms with Crippen molar-refractivity contribution >= 4 is 28.1 Å². The lowest BCUT2D eigenvalue weighted by molar-refractivity contribution is -0.129. The largest absolute Gasteiger partial charge is 0.346 e. The van der Waals surface area contributed by atoms with E-state index in [1.54, 1.807) is 6.20 Å². The van der Waals surface area contributed by atoms with Crippen LogP contribution in [0.15, 0.2) is 42.0 Å². The molecule has 1 fully saturated rings. The molecule has 3 heterocycles. The van der Waals surface area contributed by atoms with E-state index in [1.165, 1.54) is 22.5 Å². The van der Waals surface area contributed by atoms with Gasteiger partial charge in [0.05, 0.1) is 6.04 Å². The minimum Gasteiger partial charge on any atom is -0.346 e. The molecule has 1 aromatic carbocycles. The lowest BCUT2D eigenvalue weighted by Gasteiger charge is -2.24. The van der Waals surface area contributed by atoms with Gasteiger partial charge >= 0.3 is 0 Å². The van der Waals surface area contributed by atoms with E-state index in [9.17, 15) is 9.59 Å². The lowest BCUT2D eigenvalue weighted by atomic mass is 10.1. The number of carbonyl (C=O) groups excluding carboxylic acids is 2. The number of aromatic nitrogens is 2. The molecule has 0 radical (unpaired) electrons. The fourth-order valence-corrected chi connectivity index (χ4v) is 4.73. The number of hydrogen-bond donors (Lipinski definition) is 1. The standard InChI is InChI=1S/C19H18N4O2S/c24-17-9-14(20-18(25)16-11-22-5-6-26-19(22)21-16)10-23(17)15-7-12-3-1-2-4-13(12)8-15/h1-6,11,14-15H,7-10H2,(H,20,25). The zero-order valence-corrected chi connectivity index (χ0v) is 14.9. The van der Waals surface area contributed by atoms with Gasteiger partial charge in [0.15, 0.2) is 4.96 Å². The predicted octanol–water partition coefficient (Wildman–Crippen LogP) is 1.89. The summed E-state index contributed by atoms with van der Waals surface area (Å²) in [7, 11) is 0. The summed E-state index contributed by atoms with van der Waals surface area (Å²) in [5.74, 6) is -0.0887. The van der Waals surface area contributed by atoms with Gasteiger partial charge in [-0.15, -0.1) is 11.3 Å². The number of benzene rings is 1. The molecule has 2 aromatic heterocycles. The average molecular weight is 366 g/mol. The number of thiazole rings is 1. The van der Waals surface area contributed by atoms with E-state index in [-0.39, 0.29) is 23.9 Å². The first kappa shape index (κ1) is 15.6. The van der Waals surface area contributed by atoms with E-state index in [1.807, 2.05) is 33.0 Å². The minimum absolute atomic E-state index is 0.124.